The second-order valence-electron chi connectivity index (χ2n) is 5.29. The van der Waals surface area contributed by atoms with Gasteiger partial charge in [-0.3, -0.25) is 9.59 Å². The van der Waals surface area contributed by atoms with Crippen LogP contribution in [0.1, 0.15) is 23.2 Å². The third-order valence-corrected chi connectivity index (χ3v) is 3.92. The molecular weight excluding hydrogens is 309 g/mol. The number of hydrogen-bond donors (Lipinski definition) is 2. The molecule has 0 aromatic heterocycles. The molecule has 120 valence electrons. The van der Waals surface area contributed by atoms with Crippen LogP contribution in [-0.2, 0) is 4.79 Å². The maximum atomic E-state index is 13.8. The van der Waals surface area contributed by atoms with Gasteiger partial charge in [-0.2, -0.15) is 0 Å². The topological polar surface area (TPSA) is 75.4 Å². The summed E-state index contributed by atoms with van der Waals surface area (Å²) in [6, 6.07) is 3.88. The Balaban J connectivity index is 2.07. The van der Waals surface area contributed by atoms with Gasteiger partial charge in [0.25, 0.3) is 5.91 Å². The van der Waals surface area contributed by atoms with Crippen LogP contribution in [0.15, 0.2) is 18.2 Å². The van der Waals surface area contributed by atoms with Crippen LogP contribution in [-0.4, -0.2) is 42.9 Å². The third-order valence-electron chi connectivity index (χ3n) is 3.68. The number of nitrogens with zero attached hydrogens (tertiary/aromatic N) is 1. The maximum Gasteiger partial charge on any atom is 0.256 e. The normalized spacial score (nSPS) is 18.1. The smallest absolute Gasteiger partial charge is 0.256 e. The van der Waals surface area contributed by atoms with Crippen molar-refractivity contribution in [3.8, 4) is 0 Å². The van der Waals surface area contributed by atoms with Gasteiger partial charge in [0.15, 0.2) is 0 Å². The third kappa shape index (κ3) is 3.96. The second-order valence-corrected chi connectivity index (χ2v) is 5.73. The molecule has 7 heteroatoms. The van der Waals surface area contributed by atoms with Crippen molar-refractivity contribution in [2.45, 2.75) is 12.8 Å². The first-order valence-corrected chi connectivity index (χ1v) is 7.63. The summed E-state index contributed by atoms with van der Waals surface area (Å²) in [5.41, 5.74) is 5.30. The van der Waals surface area contributed by atoms with Gasteiger partial charge in [-0.1, -0.05) is 11.6 Å². The van der Waals surface area contributed by atoms with Crippen molar-refractivity contribution in [3.63, 3.8) is 0 Å². The van der Waals surface area contributed by atoms with E-state index in [2.05, 4.69) is 5.32 Å². The summed E-state index contributed by atoms with van der Waals surface area (Å²) < 4.78 is 13.8. The summed E-state index contributed by atoms with van der Waals surface area (Å²) in [5, 5.41) is 3.03. The molecule has 0 radical (unpaired) electrons. The first-order chi connectivity index (χ1) is 10.5. The average Bonchev–Trinajstić information content (AvgIpc) is 2.54. The molecular formula is C15H19ClFN3O2. The minimum atomic E-state index is -0.607. The van der Waals surface area contributed by atoms with E-state index in [0.29, 0.717) is 37.5 Å². The lowest BCUT2D eigenvalue weighted by Crippen LogP contribution is -2.46. The summed E-state index contributed by atoms with van der Waals surface area (Å²) in [5.74, 6) is -1.44. The van der Waals surface area contributed by atoms with Crippen LogP contribution in [0.4, 0.5) is 4.39 Å². The van der Waals surface area contributed by atoms with Crippen LogP contribution in [0.25, 0.3) is 0 Å². The van der Waals surface area contributed by atoms with Gasteiger partial charge in [0.1, 0.15) is 5.82 Å². The van der Waals surface area contributed by atoms with Crippen molar-refractivity contribution in [3.05, 3.63) is 34.6 Å². The molecule has 2 rings (SSSR count). The van der Waals surface area contributed by atoms with E-state index in [9.17, 15) is 14.0 Å². The Morgan fingerprint density at radius 3 is 2.95 bits per heavy atom. The summed E-state index contributed by atoms with van der Waals surface area (Å²) in [4.78, 5) is 25.9. The second kappa shape index (κ2) is 7.56. The van der Waals surface area contributed by atoms with Crippen molar-refractivity contribution in [2.75, 3.05) is 26.2 Å². The van der Waals surface area contributed by atoms with Gasteiger partial charge in [-0.25, -0.2) is 4.39 Å². The van der Waals surface area contributed by atoms with Crippen molar-refractivity contribution < 1.29 is 14.0 Å². The molecule has 2 amide bonds. The van der Waals surface area contributed by atoms with Gasteiger partial charge in [-0.15, -0.1) is 0 Å². The molecule has 1 aromatic rings. The molecule has 1 aliphatic heterocycles. The number of nitrogens with two attached hydrogens (primary N) is 1. The van der Waals surface area contributed by atoms with E-state index in [1.165, 1.54) is 23.1 Å². The minimum Gasteiger partial charge on any atom is -0.355 e. The Hall–Kier alpha value is -1.66. The van der Waals surface area contributed by atoms with Crippen LogP contribution in [0.3, 0.4) is 0 Å². The van der Waals surface area contributed by atoms with Gasteiger partial charge >= 0.3 is 0 Å². The van der Waals surface area contributed by atoms with Crippen molar-refractivity contribution in [1.29, 1.82) is 0 Å². The summed E-state index contributed by atoms with van der Waals surface area (Å²) in [6.07, 6.45) is 1.41. The quantitative estimate of drug-likeness (QED) is 0.878. The lowest BCUT2D eigenvalue weighted by Gasteiger charge is -2.32. The molecule has 1 aliphatic rings. The molecule has 1 fully saturated rings. The highest BCUT2D eigenvalue weighted by atomic mass is 35.5. The Morgan fingerprint density at radius 2 is 2.23 bits per heavy atom. The Kier molecular flexibility index (Phi) is 5.74. The van der Waals surface area contributed by atoms with Crippen molar-refractivity contribution in [1.82, 2.24) is 10.2 Å². The van der Waals surface area contributed by atoms with Crippen LogP contribution in [0.5, 0.6) is 0 Å². The zero-order chi connectivity index (χ0) is 16.1. The molecule has 3 N–H and O–H groups in total. The van der Waals surface area contributed by atoms with Gasteiger partial charge < -0.3 is 16.0 Å². The monoisotopic (exact) mass is 327 g/mol. The fraction of sp³-hybridized carbons (Fsp3) is 0.467. The molecule has 0 spiro atoms. The SMILES string of the molecule is NCCNC(=O)C1CCCN(C(=O)c2cc(Cl)ccc2F)C1. The number of hydrogen-bond acceptors (Lipinski definition) is 3. The van der Waals surface area contributed by atoms with Gasteiger partial charge in [0.2, 0.25) is 5.91 Å². The molecule has 1 heterocycles. The average molecular weight is 328 g/mol. The Bertz CT molecular complexity index is 568. The number of nitrogens with one attached hydrogen (secondary N) is 1. The number of carbonyl (C=O) groups excluding carboxylic acids is 2. The first kappa shape index (κ1) is 16.7. The zero-order valence-corrected chi connectivity index (χ0v) is 12.9. The molecule has 0 bridgehead atoms. The predicted molar refractivity (Wildman–Crippen MR) is 82.1 cm³/mol. The van der Waals surface area contributed by atoms with E-state index in [1.807, 2.05) is 0 Å². The predicted octanol–water partition coefficient (Wildman–Crippen LogP) is 1.41. The molecule has 22 heavy (non-hydrogen) atoms. The maximum absolute atomic E-state index is 13.8. The highest BCUT2D eigenvalue weighted by Gasteiger charge is 2.29. The molecule has 1 aromatic carbocycles. The standard InChI is InChI=1S/C15H19ClFN3O2/c16-11-3-4-13(17)12(8-11)15(22)20-7-1-2-10(9-20)14(21)19-6-5-18/h3-4,8,10H,1-2,5-7,9,18H2,(H,19,21). The number of piperidine rings is 1. The summed E-state index contributed by atoms with van der Waals surface area (Å²) in [7, 11) is 0. The highest BCUT2D eigenvalue weighted by Crippen LogP contribution is 2.21. The fourth-order valence-corrected chi connectivity index (χ4v) is 2.72. The van der Waals surface area contributed by atoms with E-state index in [1.54, 1.807) is 0 Å². The number of amides is 2. The molecule has 1 atom stereocenters. The molecule has 0 aliphatic carbocycles. The Labute approximate surface area is 133 Å². The molecule has 1 saturated heterocycles. The van der Waals surface area contributed by atoms with Gasteiger partial charge in [0, 0.05) is 31.2 Å². The van der Waals surface area contributed by atoms with E-state index in [0.717, 1.165) is 0 Å². The van der Waals surface area contributed by atoms with Crippen LogP contribution in [0.2, 0.25) is 5.02 Å². The summed E-state index contributed by atoms with van der Waals surface area (Å²) in [6.45, 7) is 1.56. The van der Waals surface area contributed by atoms with Crippen LogP contribution in [0, 0.1) is 11.7 Å². The first-order valence-electron chi connectivity index (χ1n) is 7.25. The zero-order valence-electron chi connectivity index (χ0n) is 12.1. The number of halogens is 2. The highest BCUT2D eigenvalue weighted by molar-refractivity contribution is 6.31. The lowest BCUT2D eigenvalue weighted by molar-refractivity contribution is -0.126. The van der Waals surface area contributed by atoms with E-state index >= 15 is 0 Å². The van der Waals surface area contributed by atoms with Crippen molar-refractivity contribution >= 4 is 23.4 Å². The molecule has 1 unspecified atom stereocenters. The van der Waals surface area contributed by atoms with E-state index in [-0.39, 0.29) is 23.9 Å². The van der Waals surface area contributed by atoms with Crippen LogP contribution >= 0.6 is 11.6 Å². The number of rotatable bonds is 4. The number of benzene rings is 1. The van der Waals surface area contributed by atoms with Gasteiger partial charge in [-0.05, 0) is 31.0 Å². The van der Waals surface area contributed by atoms with Gasteiger partial charge in [0.05, 0.1) is 11.5 Å². The Morgan fingerprint density at radius 1 is 1.45 bits per heavy atom. The number of carbonyl (C=O) groups is 2. The lowest BCUT2D eigenvalue weighted by atomic mass is 9.96. The van der Waals surface area contributed by atoms with E-state index < -0.39 is 11.7 Å². The fourth-order valence-electron chi connectivity index (χ4n) is 2.55. The molecule has 5 nitrogen and oxygen atoms in total. The largest absolute Gasteiger partial charge is 0.355 e. The number of likely N-dealkylation sites (tertiary alicyclic amines) is 1. The van der Waals surface area contributed by atoms with E-state index in [4.69, 9.17) is 17.3 Å². The minimum absolute atomic E-state index is 0.0597. The molecule has 0 saturated carbocycles. The summed E-state index contributed by atoms with van der Waals surface area (Å²) >= 11 is 5.82. The van der Waals surface area contributed by atoms with Crippen molar-refractivity contribution in [2.24, 2.45) is 11.7 Å². The van der Waals surface area contributed by atoms with Crippen LogP contribution < -0.4 is 11.1 Å².